The Morgan fingerprint density at radius 3 is 2.58 bits per heavy atom. The van der Waals surface area contributed by atoms with Crippen LogP contribution in [0.5, 0.6) is 0 Å². The number of urea groups is 1. The van der Waals surface area contributed by atoms with Crippen molar-refractivity contribution in [2.45, 2.75) is 13.5 Å². The van der Waals surface area contributed by atoms with Gasteiger partial charge in [-0.15, -0.1) is 0 Å². The fourth-order valence-corrected chi connectivity index (χ4v) is 3.69. The first-order valence-electron chi connectivity index (χ1n) is 9.63. The molecule has 158 valence electrons. The van der Waals surface area contributed by atoms with Crippen LogP contribution in [0.1, 0.15) is 16.8 Å². The second kappa shape index (κ2) is 8.06. The first-order valence-corrected chi connectivity index (χ1v) is 9.63. The average Bonchev–Trinajstić information content (AvgIpc) is 3.18. The number of carbonyl (C=O) groups is 3. The van der Waals surface area contributed by atoms with Gasteiger partial charge < -0.3 is 14.6 Å². The summed E-state index contributed by atoms with van der Waals surface area (Å²) < 4.78 is 20.8. The predicted molar refractivity (Wildman–Crippen MR) is 112 cm³/mol. The molecule has 1 aromatic heterocycles. The van der Waals surface area contributed by atoms with Crippen LogP contribution in [0, 0.1) is 12.7 Å². The lowest BCUT2D eigenvalue weighted by Gasteiger charge is -2.10. The van der Waals surface area contributed by atoms with E-state index in [9.17, 15) is 18.8 Å². The molecule has 3 aromatic rings. The van der Waals surface area contributed by atoms with E-state index in [0.717, 1.165) is 27.1 Å². The topological polar surface area (TPSA) is 80.6 Å². The molecule has 1 aliphatic heterocycles. The lowest BCUT2D eigenvalue weighted by molar-refractivity contribution is -0.143. The average molecular weight is 421 g/mol. The molecule has 1 fully saturated rings. The molecule has 0 aliphatic carbocycles. The fourth-order valence-electron chi connectivity index (χ4n) is 3.69. The Hall–Kier alpha value is -3.94. The van der Waals surface area contributed by atoms with Crippen LogP contribution < -0.4 is 5.32 Å². The van der Waals surface area contributed by atoms with E-state index < -0.39 is 24.5 Å². The second-order valence-electron chi connectivity index (χ2n) is 7.15. The maximum Gasteiger partial charge on any atom is 0.329 e. The number of nitrogens with one attached hydrogen (secondary N) is 1. The molecule has 3 amide bonds. The molecule has 4 rings (SSSR count). The Morgan fingerprint density at radius 1 is 1.13 bits per heavy atom. The number of carbonyl (C=O) groups excluding carboxylic acids is 3. The summed E-state index contributed by atoms with van der Waals surface area (Å²) in [5, 5.41) is 3.37. The minimum absolute atomic E-state index is 0.0609. The Morgan fingerprint density at radius 2 is 1.84 bits per heavy atom. The number of fused-ring (bicyclic) bond motifs is 1. The summed E-state index contributed by atoms with van der Waals surface area (Å²) in [4.78, 5) is 37.1. The maximum atomic E-state index is 14.3. The van der Waals surface area contributed by atoms with Gasteiger partial charge >= 0.3 is 12.0 Å². The van der Waals surface area contributed by atoms with Crippen LogP contribution in [0.3, 0.4) is 0 Å². The first kappa shape index (κ1) is 20.3. The number of benzene rings is 2. The van der Waals surface area contributed by atoms with Crippen molar-refractivity contribution in [3.05, 3.63) is 76.9 Å². The number of methoxy groups -OCH3 is 1. The fraction of sp³-hybridized carbons (Fsp3) is 0.174. The second-order valence-corrected chi connectivity index (χ2v) is 7.15. The summed E-state index contributed by atoms with van der Waals surface area (Å²) in [5.41, 5.74) is 3.02. The molecule has 0 saturated carbocycles. The number of rotatable bonds is 5. The zero-order chi connectivity index (χ0) is 22.1. The normalized spacial score (nSPS) is 15.1. The zero-order valence-electron chi connectivity index (χ0n) is 17.0. The van der Waals surface area contributed by atoms with Crippen molar-refractivity contribution in [1.82, 2.24) is 14.8 Å². The van der Waals surface area contributed by atoms with Gasteiger partial charge in [0, 0.05) is 27.7 Å². The molecular formula is C23H20FN3O4. The number of hydrogen-bond donors (Lipinski definition) is 1. The van der Waals surface area contributed by atoms with E-state index in [-0.39, 0.29) is 11.5 Å². The monoisotopic (exact) mass is 421 g/mol. The number of hydrogen-bond acceptors (Lipinski definition) is 4. The highest BCUT2D eigenvalue weighted by molar-refractivity contribution is 6.15. The van der Waals surface area contributed by atoms with E-state index in [2.05, 4.69) is 10.1 Å². The highest BCUT2D eigenvalue weighted by Gasteiger charge is 2.35. The Labute approximate surface area is 177 Å². The Balaban J connectivity index is 1.76. The minimum Gasteiger partial charge on any atom is -0.468 e. The Bertz CT molecular complexity index is 1240. The van der Waals surface area contributed by atoms with Crippen LogP contribution in [0.4, 0.5) is 9.18 Å². The van der Waals surface area contributed by atoms with Crippen molar-refractivity contribution in [3.63, 3.8) is 0 Å². The number of para-hydroxylation sites is 1. The van der Waals surface area contributed by atoms with Gasteiger partial charge in [-0.05, 0) is 25.1 Å². The lowest BCUT2D eigenvalue weighted by atomic mass is 10.1. The summed E-state index contributed by atoms with van der Waals surface area (Å²) in [7, 11) is 1.19. The van der Waals surface area contributed by atoms with Crippen LogP contribution in [0.2, 0.25) is 0 Å². The van der Waals surface area contributed by atoms with Crippen LogP contribution in [0.25, 0.3) is 17.0 Å². The first-order chi connectivity index (χ1) is 14.9. The van der Waals surface area contributed by atoms with E-state index in [1.165, 1.54) is 13.2 Å². The van der Waals surface area contributed by atoms with Gasteiger partial charge in [0.1, 0.15) is 18.1 Å². The number of amides is 3. The lowest BCUT2D eigenvalue weighted by Crippen LogP contribution is -2.36. The molecule has 8 heteroatoms. The van der Waals surface area contributed by atoms with Crippen molar-refractivity contribution >= 4 is 34.9 Å². The largest absolute Gasteiger partial charge is 0.468 e. The van der Waals surface area contributed by atoms with Crippen molar-refractivity contribution in [3.8, 4) is 0 Å². The van der Waals surface area contributed by atoms with E-state index in [1.807, 2.05) is 35.8 Å². The van der Waals surface area contributed by atoms with Gasteiger partial charge in [-0.1, -0.05) is 36.4 Å². The smallest absolute Gasteiger partial charge is 0.329 e. The van der Waals surface area contributed by atoms with Gasteiger partial charge in [0.25, 0.3) is 5.91 Å². The quantitative estimate of drug-likeness (QED) is 0.390. The van der Waals surface area contributed by atoms with Crippen LogP contribution in [0.15, 0.2) is 54.2 Å². The van der Waals surface area contributed by atoms with Gasteiger partial charge in [-0.25, -0.2) is 14.1 Å². The number of imide groups is 1. The van der Waals surface area contributed by atoms with Crippen LogP contribution in [-0.2, 0) is 20.9 Å². The summed E-state index contributed by atoms with van der Waals surface area (Å²) in [6, 6.07) is 13.5. The van der Waals surface area contributed by atoms with Crippen LogP contribution in [-0.4, -0.2) is 41.0 Å². The Kier molecular flexibility index (Phi) is 5.29. The standard InChI is InChI=1S/C23H20FN3O4/c1-14-17(11-19-22(29)27(23(30)25-19)13-21(28)31-2)16-8-4-6-10-20(16)26(14)12-15-7-3-5-9-18(15)24/h3-11H,12-13H2,1-2H3,(H,25,30)/b19-11+. The molecule has 7 nitrogen and oxygen atoms in total. The van der Waals surface area contributed by atoms with Crippen molar-refractivity contribution in [2.75, 3.05) is 13.7 Å². The number of aromatic nitrogens is 1. The molecule has 2 heterocycles. The molecule has 0 atom stereocenters. The van der Waals surface area contributed by atoms with Gasteiger partial charge in [0.15, 0.2) is 0 Å². The van der Waals surface area contributed by atoms with Gasteiger partial charge in [-0.2, -0.15) is 0 Å². The minimum atomic E-state index is -0.692. The van der Waals surface area contributed by atoms with Crippen molar-refractivity contribution in [2.24, 2.45) is 0 Å². The van der Waals surface area contributed by atoms with Crippen molar-refractivity contribution < 1.29 is 23.5 Å². The molecule has 31 heavy (non-hydrogen) atoms. The molecule has 0 spiro atoms. The molecule has 1 saturated heterocycles. The number of esters is 1. The highest BCUT2D eigenvalue weighted by Crippen LogP contribution is 2.29. The number of halogens is 1. The molecule has 0 radical (unpaired) electrons. The molecular weight excluding hydrogens is 401 g/mol. The third-order valence-corrected chi connectivity index (χ3v) is 5.33. The predicted octanol–water partition coefficient (Wildman–Crippen LogP) is 3.20. The molecule has 1 aliphatic rings. The SMILES string of the molecule is COC(=O)CN1C(=O)N/C(=C/c2c(C)n(Cc3ccccc3F)c3ccccc23)C1=O. The summed E-state index contributed by atoms with van der Waals surface area (Å²) in [6.07, 6.45) is 1.59. The van der Waals surface area contributed by atoms with E-state index >= 15 is 0 Å². The van der Waals surface area contributed by atoms with Gasteiger partial charge in [-0.3, -0.25) is 9.59 Å². The highest BCUT2D eigenvalue weighted by atomic mass is 19.1. The molecule has 2 aromatic carbocycles. The molecule has 0 unspecified atom stereocenters. The van der Waals surface area contributed by atoms with E-state index in [4.69, 9.17) is 0 Å². The van der Waals surface area contributed by atoms with E-state index in [0.29, 0.717) is 12.1 Å². The third-order valence-electron chi connectivity index (χ3n) is 5.33. The summed E-state index contributed by atoms with van der Waals surface area (Å²) in [6.45, 7) is 1.73. The number of ether oxygens (including phenoxy) is 1. The maximum absolute atomic E-state index is 14.3. The molecule has 0 bridgehead atoms. The summed E-state index contributed by atoms with van der Waals surface area (Å²) in [5.74, 6) is -1.60. The summed E-state index contributed by atoms with van der Waals surface area (Å²) >= 11 is 0. The van der Waals surface area contributed by atoms with Gasteiger partial charge in [0.05, 0.1) is 13.7 Å². The zero-order valence-corrected chi connectivity index (χ0v) is 17.0. The van der Waals surface area contributed by atoms with Crippen LogP contribution >= 0.6 is 0 Å². The third kappa shape index (κ3) is 3.68. The van der Waals surface area contributed by atoms with Gasteiger partial charge in [0.2, 0.25) is 0 Å². The molecule has 1 N–H and O–H groups in total. The van der Waals surface area contributed by atoms with E-state index in [1.54, 1.807) is 24.3 Å². The number of nitrogens with zero attached hydrogens (tertiary/aromatic N) is 2. The van der Waals surface area contributed by atoms with Crippen molar-refractivity contribution in [1.29, 1.82) is 0 Å².